The number of carboxylic acid groups (broad SMARTS) is 1. The van der Waals surface area contributed by atoms with E-state index in [0.29, 0.717) is 12.5 Å². The van der Waals surface area contributed by atoms with Crippen LogP contribution in [0.1, 0.15) is 52.4 Å². The van der Waals surface area contributed by atoms with Gasteiger partial charge in [0.15, 0.2) is 0 Å². The van der Waals surface area contributed by atoms with Crippen LogP contribution in [0.25, 0.3) is 0 Å². The van der Waals surface area contributed by atoms with Gasteiger partial charge in [-0.25, -0.2) is 4.79 Å². The molecule has 0 aromatic heterocycles. The predicted molar refractivity (Wildman–Crippen MR) is 73.9 cm³/mol. The Balaban J connectivity index is 2.33. The van der Waals surface area contributed by atoms with Crippen LogP contribution in [0, 0.1) is 5.92 Å². The molecule has 3 N–H and O–H groups in total. The standard InChI is InChI=1S/C14H26N2O3/c1-3-10(2)13(14(18)19)16-12(17)8-7-11-6-4-5-9-15-11/h10-11,13,15H,3-9H2,1-2H3,(H,16,17)(H,18,19)/t10?,11?,13-/m0/s1. The van der Waals surface area contributed by atoms with E-state index in [1.54, 1.807) is 0 Å². The predicted octanol–water partition coefficient (Wildman–Crippen LogP) is 1.52. The number of carbonyl (C=O) groups is 2. The number of carbonyl (C=O) groups excluding carboxylic acids is 1. The molecule has 1 amide bonds. The molecule has 0 aromatic carbocycles. The van der Waals surface area contributed by atoms with Crippen molar-refractivity contribution in [1.82, 2.24) is 10.6 Å². The summed E-state index contributed by atoms with van der Waals surface area (Å²) in [7, 11) is 0. The van der Waals surface area contributed by atoms with Crippen LogP contribution < -0.4 is 10.6 Å². The molecular weight excluding hydrogens is 244 g/mol. The molecule has 5 heteroatoms. The van der Waals surface area contributed by atoms with Crippen LogP contribution in [0.15, 0.2) is 0 Å². The molecule has 1 fully saturated rings. The van der Waals surface area contributed by atoms with Gasteiger partial charge < -0.3 is 15.7 Å². The summed E-state index contributed by atoms with van der Waals surface area (Å²) >= 11 is 0. The third-order valence-corrected chi connectivity index (χ3v) is 3.93. The molecule has 1 aliphatic rings. The summed E-state index contributed by atoms with van der Waals surface area (Å²) in [6.07, 6.45) is 5.46. The molecule has 5 nitrogen and oxygen atoms in total. The zero-order chi connectivity index (χ0) is 14.3. The number of aliphatic carboxylic acids is 1. The first-order chi connectivity index (χ1) is 9.04. The summed E-state index contributed by atoms with van der Waals surface area (Å²) < 4.78 is 0. The fourth-order valence-electron chi connectivity index (χ4n) is 2.40. The van der Waals surface area contributed by atoms with Crippen molar-refractivity contribution in [3.05, 3.63) is 0 Å². The normalized spacial score (nSPS) is 22.5. The first-order valence-electron chi connectivity index (χ1n) is 7.30. The Labute approximate surface area is 115 Å². The highest BCUT2D eigenvalue weighted by Gasteiger charge is 2.25. The fourth-order valence-corrected chi connectivity index (χ4v) is 2.40. The Morgan fingerprint density at radius 1 is 1.42 bits per heavy atom. The summed E-state index contributed by atoms with van der Waals surface area (Å²) in [5, 5.41) is 15.1. The molecule has 0 bridgehead atoms. The molecule has 1 aliphatic heterocycles. The van der Waals surface area contributed by atoms with Crippen molar-refractivity contribution < 1.29 is 14.7 Å². The van der Waals surface area contributed by atoms with Crippen molar-refractivity contribution in [2.75, 3.05) is 6.54 Å². The number of nitrogens with one attached hydrogen (secondary N) is 2. The van der Waals surface area contributed by atoms with E-state index in [2.05, 4.69) is 10.6 Å². The van der Waals surface area contributed by atoms with Crippen LogP contribution in [0.2, 0.25) is 0 Å². The van der Waals surface area contributed by atoms with Crippen molar-refractivity contribution in [2.24, 2.45) is 5.92 Å². The molecule has 0 spiro atoms. The van der Waals surface area contributed by atoms with Gasteiger partial charge in [-0.05, 0) is 31.7 Å². The summed E-state index contributed by atoms with van der Waals surface area (Å²) in [5.74, 6) is -1.15. The Hall–Kier alpha value is -1.10. The van der Waals surface area contributed by atoms with E-state index in [4.69, 9.17) is 5.11 Å². The highest BCUT2D eigenvalue weighted by Crippen LogP contribution is 2.12. The van der Waals surface area contributed by atoms with E-state index in [-0.39, 0.29) is 11.8 Å². The van der Waals surface area contributed by atoms with Gasteiger partial charge in [0.2, 0.25) is 5.91 Å². The molecular formula is C14H26N2O3. The van der Waals surface area contributed by atoms with E-state index in [1.807, 2.05) is 13.8 Å². The second kappa shape index (κ2) is 8.15. The third kappa shape index (κ3) is 5.59. The van der Waals surface area contributed by atoms with E-state index in [1.165, 1.54) is 12.8 Å². The van der Waals surface area contributed by atoms with Crippen molar-refractivity contribution >= 4 is 11.9 Å². The minimum absolute atomic E-state index is 0.0470. The third-order valence-electron chi connectivity index (χ3n) is 3.93. The number of hydrogen-bond donors (Lipinski definition) is 3. The number of amides is 1. The van der Waals surface area contributed by atoms with Crippen LogP contribution in [0.3, 0.4) is 0 Å². The minimum Gasteiger partial charge on any atom is -0.480 e. The van der Waals surface area contributed by atoms with Gasteiger partial charge >= 0.3 is 5.97 Å². The lowest BCUT2D eigenvalue weighted by Gasteiger charge is -2.24. The quantitative estimate of drug-likeness (QED) is 0.655. The average Bonchev–Trinajstić information content (AvgIpc) is 2.42. The largest absolute Gasteiger partial charge is 0.480 e. The first-order valence-corrected chi connectivity index (χ1v) is 7.30. The molecule has 0 aliphatic carbocycles. The smallest absolute Gasteiger partial charge is 0.326 e. The molecule has 3 atom stereocenters. The zero-order valence-electron chi connectivity index (χ0n) is 11.9. The van der Waals surface area contributed by atoms with Crippen LogP contribution in [-0.4, -0.2) is 35.6 Å². The Morgan fingerprint density at radius 3 is 2.68 bits per heavy atom. The summed E-state index contributed by atoms with van der Waals surface area (Å²) in [6.45, 7) is 4.80. The number of rotatable bonds is 7. The number of hydrogen-bond acceptors (Lipinski definition) is 3. The molecule has 1 saturated heterocycles. The maximum atomic E-state index is 11.8. The van der Waals surface area contributed by atoms with Gasteiger partial charge in [-0.15, -0.1) is 0 Å². The Bertz CT molecular complexity index is 301. The monoisotopic (exact) mass is 270 g/mol. The Kier molecular flexibility index (Phi) is 6.84. The second-order valence-corrected chi connectivity index (χ2v) is 5.45. The minimum atomic E-state index is -0.946. The van der Waals surface area contributed by atoms with E-state index in [9.17, 15) is 9.59 Å². The van der Waals surface area contributed by atoms with Gasteiger partial charge in [0.1, 0.15) is 6.04 Å². The van der Waals surface area contributed by atoms with Crippen LogP contribution in [0.4, 0.5) is 0 Å². The molecule has 0 saturated carbocycles. The van der Waals surface area contributed by atoms with Crippen molar-refractivity contribution in [3.8, 4) is 0 Å². The van der Waals surface area contributed by atoms with E-state index >= 15 is 0 Å². The van der Waals surface area contributed by atoms with Crippen LogP contribution >= 0.6 is 0 Å². The van der Waals surface area contributed by atoms with Gasteiger partial charge in [-0.2, -0.15) is 0 Å². The summed E-state index contributed by atoms with van der Waals surface area (Å²) in [4.78, 5) is 22.9. The van der Waals surface area contributed by atoms with E-state index in [0.717, 1.165) is 25.8 Å². The highest BCUT2D eigenvalue weighted by molar-refractivity contribution is 5.83. The van der Waals surface area contributed by atoms with Gasteiger partial charge in [0.05, 0.1) is 0 Å². The topological polar surface area (TPSA) is 78.4 Å². The average molecular weight is 270 g/mol. The first kappa shape index (κ1) is 16.0. The lowest BCUT2D eigenvalue weighted by molar-refractivity contribution is -0.143. The molecule has 0 aromatic rings. The maximum absolute atomic E-state index is 11.8. The summed E-state index contributed by atoms with van der Waals surface area (Å²) in [6, 6.07) is -0.358. The number of piperidine rings is 1. The molecule has 1 rings (SSSR count). The molecule has 110 valence electrons. The van der Waals surface area contributed by atoms with Gasteiger partial charge in [-0.1, -0.05) is 26.7 Å². The summed E-state index contributed by atoms with van der Waals surface area (Å²) in [5.41, 5.74) is 0. The van der Waals surface area contributed by atoms with Crippen LogP contribution in [-0.2, 0) is 9.59 Å². The molecule has 0 radical (unpaired) electrons. The Morgan fingerprint density at radius 2 is 2.16 bits per heavy atom. The highest BCUT2D eigenvalue weighted by atomic mass is 16.4. The van der Waals surface area contributed by atoms with Crippen molar-refractivity contribution in [1.29, 1.82) is 0 Å². The lowest BCUT2D eigenvalue weighted by Crippen LogP contribution is -2.45. The SMILES string of the molecule is CCC(C)[C@H](NC(=O)CCC1CCCCN1)C(=O)O. The maximum Gasteiger partial charge on any atom is 0.326 e. The number of carboxylic acids is 1. The van der Waals surface area contributed by atoms with Crippen LogP contribution in [0.5, 0.6) is 0 Å². The molecule has 2 unspecified atom stereocenters. The van der Waals surface area contributed by atoms with E-state index < -0.39 is 12.0 Å². The van der Waals surface area contributed by atoms with Crippen molar-refractivity contribution in [2.45, 2.75) is 64.5 Å². The van der Waals surface area contributed by atoms with Gasteiger partial charge in [-0.3, -0.25) is 4.79 Å². The molecule has 19 heavy (non-hydrogen) atoms. The zero-order valence-corrected chi connectivity index (χ0v) is 11.9. The lowest BCUT2D eigenvalue weighted by atomic mass is 9.98. The molecule has 1 heterocycles. The van der Waals surface area contributed by atoms with Gasteiger partial charge in [0, 0.05) is 12.5 Å². The van der Waals surface area contributed by atoms with Gasteiger partial charge in [0.25, 0.3) is 0 Å². The fraction of sp³-hybridized carbons (Fsp3) is 0.857. The van der Waals surface area contributed by atoms with Crippen molar-refractivity contribution in [3.63, 3.8) is 0 Å². The second-order valence-electron chi connectivity index (χ2n) is 5.45.